The van der Waals surface area contributed by atoms with Crippen molar-refractivity contribution in [3.8, 4) is 0 Å². The van der Waals surface area contributed by atoms with Crippen molar-refractivity contribution >= 4 is 17.5 Å². The Balaban J connectivity index is 2.77. The highest BCUT2D eigenvalue weighted by Gasteiger charge is 2.10. The second-order valence-corrected chi connectivity index (χ2v) is 3.56. The standard InChI is InChI=1S/C9H16N6O/c1-5(3-7(10)16)14-8-6(2)9(15-11)13-4-12-8/h4-5H,3,11H2,1-2H3,(H2,10,16)(H2,12,13,14,15). The van der Waals surface area contributed by atoms with Crippen LogP contribution in [0.15, 0.2) is 6.33 Å². The largest absolute Gasteiger partial charge is 0.370 e. The van der Waals surface area contributed by atoms with Crippen molar-refractivity contribution in [2.24, 2.45) is 11.6 Å². The predicted octanol–water partition coefficient (Wildman–Crippen LogP) is -0.254. The summed E-state index contributed by atoms with van der Waals surface area (Å²) in [6.07, 6.45) is 1.64. The fourth-order valence-corrected chi connectivity index (χ4v) is 1.33. The molecule has 0 aromatic carbocycles. The van der Waals surface area contributed by atoms with Gasteiger partial charge >= 0.3 is 0 Å². The Labute approximate surface area is 93.6 Å². The van der Waals surface area contributed by atoms with Crippen LogP contribution in [0.2, 0.25) is 0 Å². The van der Waals surface area contributed by atoms with Crippen LogP contribution in [0.25, 0.3) is 0 Å². The van der Waals surface area contributed by atoms with Gasteiger partial charge in [-0.25, -0.2) is 15.8 Å². The number of carbonyl (C=O) groups excluding carboxylic acids is 1. The van der Waals surface area contributed by atoms with E-state index in [9.17, 15) is 4.79 Å². The minimum Gasteiger partial charge on any atom is -0.370 e. The van der Waals surface area contributed by atoms with E-state index >= 15 is 0 Å². The number of nitrogens with one attached hydrogen (secondary N) is 2. The van der Waals surface area contributed by atoms with Crippen molar-refractivity contribution in [3.63, 3.8) is 0 Å². The van der Waals surface area contributed by atoms with E-state index in [1.807, 2.05) is 13.8 Å². The summed E-state index contributed by atoms with van der Waals surface area (Å²) in [4.78, 5) is 18.7. The molecule has 0 bridgehead atoms. The normalized spacial score (nSPS) is 11.9. The number of anilines is 2. The van der Waals surface area contributed by atoms with Crippen LogP contribution in [-0.2, 0) is 4.79 Å². The zero-order chi connectivity index (χ0) is 12.1. The highest BCUT2D eigenvalue weighted by Crippen LogP contribution is 2.18. The molecule has 6 N–H and O–H groups in total. The third-order valence-corrected chi connectivity index (χ3v) is 2.11. The molecular formula is C9H16N6O. The van der Waals surface area contributed by atoms with Crippen LogP contribution in [0.1, 0.15) is 18.9 Å². The zero-order valence-corrected chi connectivity index (χ0v) is 9.32. The molecule has 0 aliphatic rings. The molecule has 0 aliphatic carbocycles. The Kier molecular flexibility index (Phi) is 4.01. The number of primary amides is 1. The van der Waals surface area contributed by atoms with E-state index in [1.165, 1.54) is 6.33 Å². The van der Waals surface area contributed by atoms with Crippen molar-refractivity contribution in [1.29, 1.82) is 0 Å². The molecule has 7 heteroatoms. The Hall–Kier alpha value is -1.89. The van der Waals surface area contributed by atoms with E-state index in [0.29, 0.717) is 11.6 Å². The molecule has 0 radical (unpaired) electrons. The summed E-state index contributed by atoms with van der Waals surface area (Å²) in [6, 6.07) is -0.0864. The summed E-state index contributed by atoms with van der Waals surface area (Å²) in [7, 11) is 0. The zero-order valence-electron chi connectivity index (χ0n) is 9.32. The van der Waals surface area contributed by atoms with E-state index in [1.54, 1.807) is 0 Å². The molecule has 1 atom stereocenters. The van der Waals surface area contributed by atoms with Gasteiger partial charge in [-0.2, -0.15) is 0 Å². The fraction of sp³-hybridized carbons (Fsp3) is 0.444. The minimum absolute atomic E-state index is 0.0864. The number of nitrogens with zero attached hydrogens (tertiary/aromatic N) is 2. The summed E-state index contributed by atoms with van der Waals surface area (Å²) in [5, 5.41) is 3.07. The van der Waals surface area contributed by atoms with Crippen LogP contribution in [-0.4, -0.2) is 21.9 Å². The topological polar surface area (TPSA) is 119 Å². The van der Waals surface area contributed by atoms with E-state index in [2.05, 4.69) is 20.7 Å². The Morgan fingerprint density at radius 3 is 2.69 bits per heavy atom. The third-order valence-electron chi connectivity index (χ3n) is 2.11. The van der Waals surface area contributed by atoms with Gasteiger partial charge in [0.2, 0.25) is 5.91 Å². The van der Waals surface area contributed by atoms with Gasteiger partial charge in [-0.15, -0.1) is 0 Å². The Morgan fingerprint density at radius 2 is 2.12 bits per heavy atom. The van der Waals surface area contributed by atoms with Gasteiger partial charge in [0, 0.05) is 18.0 Å². The summed E-state index contributed by atoms with van der Waals surface area (Å²) < 4.78 is 0. The first-order chi connectivity index (χ1) is 7.54. The molecule has 0 saturated carbocycles. The Bertz CT molecular complexity index is 380. The fourth-order valence-electron chi connectivity index (χ4n) is 1.33. The van der Waals surface area contributed by atoms with Crippen molar-refractivity contribution in [2.45, 2.75) is 26.3 Å². The first kappa shape index (κ1) is 12.2. The molecule has 1 amide bonds. The maximum atomic E-state index is 10.7. The van der Waals surface area contributed by atoms with E-state index < -0.39 is 0 Å². The molecule has 1 heterocycles. The van der Waals surface area contributed by atoms with Gasteiger partial charge in [-0.3, -0.25) is 4.79 Å². The number of carbonyl (C=O) groups is 1. The lowest BCUT2D eigenvalue weighted by Crippen LogP contribution is -2.25. The highest BCUT2D eigenvalue weighted by atomic mass is 16.1. The predicted molar refractivity (Wildman–Crippen MR) is 61.5 cm³/mol. The third kappa shape index (κ3) is 3.06. The molecule has 88 valence electrons. The summed E-state index contributed by atoms with van der Waals surface area (Å²) >= 11 is 0. The number of hydrogen-bond donors (Lipinski definition) is 4. The van der Waals surface area contributed by atoms with Gasteiger partial charge in [0.05, 0.1) is 0 Å². The first-order valence-corrected chi connectivity index (χ1v) is 4.87. The van der Waals surface area contributed by atoms with E-state index in [-0.39, 0.29) is 18.4 Å². The number of hydrazine groups is 1. The second-order valence-electron chi connectivity index (χ2n) is 3.56. The van der Waals surface area contributed by atoms with E-state index in [4.69, 9.17) is 11.6 Å². The lowest BCUT2D eigenvalue weighted by atomic mass is 10.2. The molecule has 1 aromatic heterocycles. The minimum atomic E-state index is -0.358. The molecular weight excluding hydrogens is 208 g/mol. The van der Waals surface area contributed by atoms with Crippen LogP contribution in [0.5, 0.6) is 0 Å². The van der Waals surface area contributed by atoms with Gasteiger partial charge in [0.15, 0.2) is 0 Å². The Morgan fingerprint density at radius 1 is 1.50 bits per heavy atom. The van der Waals surface area contributed by atoms with Crippen molar-refractivity contribution in [3.05, 3.63) is 11.9 Å². The van der Waals surface area contributed by atoms with Crippen LogP contribution in [0.4, 0.5) is 11.6 Å². The maximum absolute atomic E-state index is 10.7. The van der Waals surface area contributed by atoms with Crippen LogP contribution in [0.3, 0.4) is 0 Å². The highest BCUT2D eigenvalue weighted by molar-refractivity contribution is 5.75. The average molecular weight is 224 g/mol. The smallest absolute Gasteiger partial charge is 0.219 e. The van der Waals surface area contributed by atoms with Crippen LogP contribution in [0, 0.1) is 6.92 Å². The van der Waals surface area contributed by atoms with Crippen molar-refractivity contribution < 1.29 is 4.79 Å². The number of amides is 1. The first-order valence-electron chi connectivity index (χ1n) is 4.87. The molecule has 0 aliphatic heterocycles. The lowest BCUT2D eigenvalue weighted by Gasteiger charge is -2.15. The van der Waals surface area contributed by atoms with Crippen LogP contribution >= 0.6 is 0 Å². The molecule has 0 saturated heterocycles. The van der Waals surface area contributed by atoms with Gasteiger partial charge < -0.3 is 16.5 Å². The van der Waals surface area contributed by atoms with Gasteiger partial charge in [-0.1, -0.05) is 0 Å². The summed E-state index contributed by atoms with van der Waals surface area (Å²) in [6.45, 7) is 3.68. The maximum Gasteiger partial charge on any atom is 0.219 e. The van der Waals surface area contributed by atoms with Gasteiger partial charge in [0.1, 0.15) is 18.0 Å². The molecule has 0 fully saturated rings. The second kappa shape index (κ2) is 5.26. The number of rotatable bonds is 5. The molecule has 16 heavy (non-hydrogen) atoms. The molecule has 1 aromatic rings. The summed E-state index contributed by atoms with van der Waals surface area (Å²) in [5.41, 5.74) is 8.36. The number of nitrogens with two attached hydrogens (primary N) is 2. The van der Waals surface area contributed by atoms with Crippen molar-refractivity contribution in [2.75, 3.05) is 10.7 Å². The monoisotopic (exact) mass is 224 g/mol. The van der Waals surface area contributed by atoms with Gasteiger partial charge in [-0.05, 0) is 13.8 Å². The lowest BCUT2D eigenvalue weighted by molar-refractivity contribution is -0.118. The van der Waals surface area contributed by atoms with Crippen LogP contribution < -0.4 is 22.3 Å². The number of nitrogen functional groups attached to an aromatic ring is 1. The quantitative estimate of drug-likeness (QED) is 0.404. The molecule has 7 nitrogen and oxygen atoms in total. The number of aromatic nitrogens is 2. The molecule has 1 unspecified atom stereocenters. The van der Waals surface area contributed by atoms with Crippen molar-refractivity contribution in [1.82, 2.24) is 9.97 Å². The van der Waals surface area contributed by atoms with Gasteiger partial charge in [0.25, 0.3) is 0 Å². The summed E-state index contributed by atoms with van der Waals surface area (Å²) in [5.74, 6) is 6.11. The average Bonchev–Trinajstić information content (AvgIpc) is 2.20. The molecule has 0 spiro atoms. The number of hydrogen-bond acceptors (Lipinski definition) is 6. The SMILES string of the molecule is Cc1c(NN)ncnc1NC(C)CC(N)=O. The molecule has 1 rings (SSSR count). The van der Waals surface area contributed by atoms with E-state index in [0.717, 1.165) is 5.56 Å².